The summed E-state index contributed by atoms with van der Waals surface area (Å²) in [6.45, 7) is 3.57. The third-order valence-electron chi connectivity index (χ3n) is 2.16. The number of rotatable bonds is 5. The first kappa shape index (κ1) is 11.8. The molecule has 0 heterocycles. The Balaban J connectivity index is 2.77. The summed E-state index contributed by atoms with van der Waals surface area (Å²) in [6.07, 6.45) is 2.63. The molecule has 0 radical (unpaired) electrons. The Bertz CT molecular complexity index is 339. The van der Waals surface area contributed by atoms with Crippen LogP contribution in [0.2, 0.25) is 0 Å². The molecule has 0 spiro atoms. The van der Waals surface area contributed by atoms with Crippen LogP contribution < -0.4 is 11.3 Å². The molecule has 1 rings (SSSR count). The first-order valence-corrected chi connectivity index (χ1v) is 4.68. The Morgan fingerprint density at radius 1 is 1.47 bits per heavy atom. The molecule has 4 heteroatoms. The Hall–Kier alpha value is -1.26. The van der Waals surface area contributed by atoms with Gasteiger partial charge in [0.25, 0.3) is 0 Å². The molecule has 0 fully saturated rings. The summed E-state index contributed by atoms with van der Waals surface area (Å²) in [5.74, 6) is 4.42. The number of hydrogen-bond donors (Lipinski definition) is 2. The van der Waals surface area contributed by atoms with Gasteiger partial charge < -0.3 is 0 Å². The largest absolute Gasteiger partial charge is 0.271 e. The van der Waals surface area contributed by atoms with Crippen molar-refractivity contribution in [3.63, 3.8) is 0 Å². The predicted octanol–water partition coefficient (Wildman–Crippen LogP) is 1.92. The second kappa shape index (κ2) is 5.58. The SMILES string of the molecule is C=CCC(Cc1cc(F)ccc1F)NN. The van der Waals surface area contributed by atoms with Crippen LogP contribution in [0.3, 0.4) is 0 Å². The molecule has 0 aliphatic carbocycles. The minimum absolute atomic E-state index is 0.126. The van der Waals surface area contributed by atoms with Gasteiger partial charge in [0.2, 0.25) is 0 Å². The van der Waals surface area contributed by atoms with Crippen LogP contribution in [-0.4, -0.2) is 6.04 Å². The summed E-state index contributed by atoms with van der Waals surface area (Å²) in [4.78, 5) is 0. The van der Waals surface area contributed by atoms with Gasteiger partial charge in [0, 0.05) is 6.04 Å². The van der Waals surface area contributed by atoms with Crippen LogP contribution in [0, 0.1) is 11.6 Å². The van der Waals surface area contributed by atoms with E-state index < -0.39 is 11.6 Å². The highest BCUT2D eigenvalue weighted by Crippen LogP contribution is 2.12. The lowest BCUT2D eigenvalue weighted by Gasteiger charge is -2.14. The average molecular weight is 212 g/mol. The first-order chi connectivity index (χ1) is 7.17. The molecule has 0 amide bonds. The maximum Gasteiger partial charge on any atom is 0.126 e. The summed E-state index contributed by atoms with van der Waals surface area (Å²) in [7, 11) is 0. The van der Waals surface area contributed by atoms with E-state index in [1.54, 1.807) is 6.08 Å². The maximum atomic E-state index is 13.2. The lowest BCUT2D eigenvalue weighted by Crippen LogP contribution is -2.36. The van der Waals surface area contributed by atoms with E-state index in [2.05, 4.69) is 12.0 Å². The molecule has 2 nitrogen and oxygen atoms in total. The lowest BCUT2D eigenvalue weighted by atomic mass is 10.0. The first-order valence-electron chi connectivity index (χ1n) is 4.68. The fourth-order valence-electron chi connectivity index (χ4n) is 1.38. The minimum atomic E-state index is -0.444. The highest BCUT2D eigenvalue weighted by molar-refractivity contribution is 5.19. The fraction of sp³-hybridized carbons (Fsp3) is 0.273. The molecule has 1 atom stereocenters. The van der Waals surface area contributed by atoms with Crippen molar-refractivity contribution in [1.82, 2.24) is 5.43 Å². The van der Waals surface area contributed by atoms with Gasteiger partial charge in [-0.3, -0.25) is 11.3 Å². The van der Waals surface area contributed by atoms with E-state index in [0.29, 0.717) is 18.4 Å². The number of nitrogens with two attached hydrogens (primary N) is 1. The van der Waals surface area contributed by atoms with E-state index in [-0.39, 0.29) is 6.04 Å². The zero-order valence-corrected chi connectivity index (χ0v) is 8.34. The molecule has 82 valence electrons. The van der Waals surface area contributed by atoms with Gasteiger partial charge in [-0.1, -0.05) is 6.08 Å². The second-order valence-corrected chi connectivity index (χ2v) is 3.33. The number of nitrogens with one attached hydrogen (secondary N) is 1. The zero-order valence-electron chi connectivity index (χ0n) is 8.34. The summed E-state index contributed by atoms with van der Waals surface area (Å²) in [6, 6.07) is 3.27. The third-order valence-corrected chi connectivity index (χ3v) is 2.16. The molecule has 0 aliphatic rings. The van der Waals surface area contributed by atoms with Crippen LogP contribution in [-0.2, 0) is 6.42 Å². The standard InChI is InChI=1S/C11H14F2N2/c1-2-3-10(15-14)7-8-6-9(12)4-5-11(8)13/h2,4-6,10,15H,1,3,7,14H2. The summed E-state index contributed by atoms with van der Waals surface area (Å²) < 4.78 is 26.1. The molecule has 0 saturated carbocycles. The number of halogens is 2. The smallest absolute Gasteiger partial charge is 0.126 e. The molecule has 0 saturated heterocycles. The van der Waals surface area contributed by atoms with E-state index in [9.17, 15) is 8.78 Å². The minimum Gasteiger partial charge on any atom is -0.271 e. The van der Waals surface area contributed by atoms with Crippen molar-refractivity contribution < 1.29 is 8.78 Å². The van der Waals surface area contributed by atoms with Crippen molar-refractivity contribution in [1.29, 1.82) is 0 Å². The third kappa shape index (κ3) is 3.42. The van der Waals surface area contributed by atoms with Crippen molar-refractivity contribution in [2.75, 3.05) is 0 Å². The van der Waals surface area contributed by atoms with Gasteiger partial charge in [0.15, 0.2) is 0 Å². The Morgan fingerprint density at radius 2 is 2.20 bits per heavy atom. The van der Waals surface area contributed by atoms with Crippen LogP contribution in [0.5, 0.6) is 0 Å². The topological polar surface area (TPSA) is 38.0 Å². The summed E-state index contributed by atoms with van der Waals surface area (Å²) >= 11 is 0. The lowest BCUT2D eigenvalue weighted by molar-refractivity contribution is 0.509. The van der Waals surface area contributed by atoms with E-state index in [1.165, 1.54) is 6.07 Å². The van der Waals surface area contributed by atoms with E-state index in [4.69, 9.17) is 5.84 Å². The summed E-state index contributed by atoms with van der Waals surface area (Å²) in [5.41, 5.74) is 2.86. The van der Waals surface area contributed by atoms with Crippen LogP contribution in [0.15, 0.2) is 30.9 Å². The van der Waals surface area contributed by atoms with Gasteiger partial charge in [-0.15, -0.1) is 6.58 Å². The molecule has 0 bridgehead atoms. The van der Waals surface area contributed by atoms with E-state index in [1.807, 2.05) is 0 Å². The van der Waals surface area contributed by atoms with E-state index in [0.717, 1.165) is 12.1 Å². The summed E-state index contributed by atoms with van der Waals surface area (Å²) in [5, 5.41) is 0. The molecule has 1 unspecified atom stereocenters. The highest BCUT2D eigenvalue weighted by Gasteiger charge is 2.10. The van der Waals surface area contributed by atoms with Crippen molar-refractivity contribution in [3.05, 3.63) is 48.1 Å². The normalized spacial score (nSPS) is 12.5. The molecular weight excluding hydrogens is 198 g/mol. The second-order valence-electron chi connectivity index (χ2n) is 3.33. The average Bonchev–Trinajstić information content (AvgIpc) is 2.22. The quantitative estimate of drug-likeness (QED) is 0.444. The molecule has 0 aliphatic heterocycles. The monoisotopic (exact) mass is 212 g/mol. The van der Waals surface area contributed by atoms with Gasteiger partial charge in [-0.25, -0.2) is 8.78 Å². The Kier molecular flexibility index (Phi) is 4.39. The highest BCUT2D eigenvalue weighted by atomic mass is 19.1. The molecular formula is C11H14F2N2. The maximum absolute atomic E-state index is 13.2. The number of hydrazine groups is 1. The predicted molar refractivity (Wildman–Crippen MR) is 56.0 cm³/mol. The van der Waals surface area contributed by atoms with Crippen LogP contribution in [0.1, 0.15) is 12.0 Å². The van der Waals surface area contributed by atoms with Crippen molar-refractivity contribution in [2.24, 2.45) is 5.84 Å². The van der Waals surface area contributed by atoms with Gasteiger partial charge in [-0.2, -0.15) is 0 Å². The molecule has 1 aromatic rings. The van der Waals surface area contributed by atoms with Crippen LogP contribution >= 0.6 is 0 Å². The van der Waals surface area contributed by atoms with Gasteiger partial charge in [0.1, 0.15) is 11.6 Å². The molecule has 0 aromatic heterocycles. The Labute approximate surface area is 87.8 Å². The number of hydrogen-bond acceptors (Lipinski definition) is 2. The molecule has 1 aromatic carbocycles. The van der Waals surface area contributed by atoms with Gasteiger partial charge in [-0.05, 0) is 36.6 Å². The van der Waals surface area contributed by atoms with Crippen LogP contribution in [0.4, 0.5) is 8.78 Å². The Morgan fingerprint density at radius 3 is 2.80 bits per heavy atom. The van der Waals surface area contributed by atoms with Gasteiger partial charge >= 0.3 is 0 Å². The van der Waals surface area contributed by atoms with Crippen molar-refractivity contribution >= 4 is 0 Å². The molecule has 15 heavy (non-hydrogen) atoms. The zero-order chi connectivity index (χ0) is 11.3. The number of benzene rings is 1. The van der Waals surface area contributed by atoms with E-state index >= 15 is 0 Å². The van der Waals surface area contributed by atoms with Crippen molar-refractivity contribution in [2.45, 2.75) is 18.9 Å². The van der Waals surface area contributed by atoms with Crippen LogP contribution in [0.25, 0.3) is 0 Å². The van der Waals surface area contributed by atoms with Gasteiger partial charge in [0.05, 0.1) is 0 Å². The van der Waals surface area contributed by atoms with Crippen molar-refractivity contribution in [3.8, 4) is 0 Å². The fourth-order valence-corrected chi connectivity index (χ4v) is 1.38. The molecule has 3 N–H and O–H groups in total.